The molecule has 3 nitrogen and oxygen atoms in total. The summed E-state index contributed by atoms with van der Waals surface area (Å²) in [5, 5.41) is 20.1. The van der Waals surface area contributed by atoms with Crippen molar-refractivity contribution in [2.75, 3.05) is 0 Å². The summed E-state index contributed by atoms with van der Waals surface area (Å²) in [6.45, 7) is 1.90. The first kappa shape index (κ1) is 9.18. The van der Waals surface area contributed by atoms with E-state index in [1.165, 1.54) is 6.20 Å². The highest BCUT2D eigenvalue weighted by atomic mass is 16.4. The summed E-state index contributed by atoms with van der Waals surface area (Å²) in [6, 6.07) is 7.56. The van der Waals surface area contributed by atoms with Gasteiger partial charge in [-0.3, -0.25) is 4.98 Å². The van der Waals surface area contributed by atoms with Gasteiger partial charge in [0.15, 0.2) is 0 Å². The Labute approximate surface area is 82.2 Å². The Morgan fingerprint density at radius 3 is 2.43 bits per heavy atom. The van der Waals surface area contributed by atoms with Gasteiger partial charge in [0.25, 0.3) is 0 Å². The summed E-state index contributed by atoms with van der Waals surface area (Å²) in [7, 11) is -1.46. The largest absolute Gasteiger partial charge is 0.490 e. The van der Waals surface area contributed by atoms with E-state index in [1.807, 2.05) is 31.2 Å². The van der Waals surface area contributed by atoms with E-state index in [2.05, 4.69) is 4.98 Å². The zero-order valence-corrected chi connectivity index (χ0v) is 7.81. The van der Waals surface area contributed by atoms with Gasteiger partial charge in [-0.25, -0.2) is 0 Å². The van der Waals surface area contributed by atoms with E-state index in [0.29, 0.717) is 5.46 Å². The van der Waals surface area contributed by atoms with Gasteiger partial charge in [0.05, 0.1) is 0 Å². The van der Waals surface area contributed by atoms with Crippen LogP contribution in [0.15, 0.2) is 30.5 Å². The smallest absolute Gasteiger partial charge is 0.423 e. The molecule has 0 radical (unpaired) electrons. The van der Waals surface area contributed by atoms with Gasteiger partial charge in [-0.15, -0.1) is 0 Å². The Kier molecular flexibility index (Phi) is 2.23. The topological polar surface area (TPSA) is 53.4 Å². The Morgan fingerprint density at radius 1 is 1.14 bits per heavy atom. The van der Waals surface area contributed by atoms with Crippen molar-refractivity contribution in [3.63, 3.8) is 0 Å². The average Bonchev–Trinajstić information content (AvgIpc) is 2.18. The van der Waals surface area contributed by atoms with E-state index in [0.717, 1.165) is 16.5 Å². The van der Waals surface area contributed by atoms with E-state index in [-0.39, 0.29) is 0 Å². The van der Waals surface area contributed by atoms with Crippen molar-refractivity contribution >= 4 is 23.4 Å². The van der Waals surface area contributed by atoms with Crippen molar-refractivity contribution in [3.05, 3.63) is 36.2 Å². The number of rotatable bonds is 1. The summed E-state index contributed by atoms with van der Waals surface area (Å²) < 4.78 is 0. The first-order valence-electron chi connectivity index (χ1n) is 4.40. The van der Waals surface area contributed by atoms with Crippen LogP contribution in [-0.2, 0) is 0 Å². The van der Waals surface area contributed by atoms with E-state index >= 15 is 0 Å². The lowest BCUT2D eigenvalue weighted by Crippen LogP contribution is -2.31. The first-order chi connectivity index (χ1) is 6.70. The molecule has 0 unspecified atom stereocenters. The molecule has 0 aliphatic carbocycles. The van der Waals surface area contributed by atoms with Crippen LogP contribution < -0.4 is 5.46 Å². The quantitative estimate of drug-likeness (QED) is 0.628. The SMILES string of the molecule is Cc1ncc(B(O)O)c2ccccc12. The van der Waals surface area contributed by atoms with Gasteiger partial charge < -0.3 is 10.0 Å². The summed E-state index contributed by atoms with van der Waals surface area (Å²) >= 11 is 0. The van der Waals surface area contributed by atoms with Crippen LogP contribution >= 0.6 is 0 Å². The number of fused-ring (bicyclic) bond motifs is 1. The molecular formula is C10H10BNO2. The highest BCUT2D eigenvalue weighted by Gasteiger charge is 2.15. The van der Waals surface area contributed by atoms with Crippen molar-refractivity contribution in [1.29, 1.82) is 0 Å². The number of hydrogen-bond donors (Lipinski definition) is 2. The second kappa shape index (κ2) is 3.40. The Balaban J connectivity index is 2.82. The maximum absolute atomic E-state index is 9.13. The lowest BCUT2D eigenvalue weighted by molar-refractivity contribution is 0.426. The van der Waals surface area contributed by atoms with Crippen LogP contribution in [0, 0.1) is 6.92 Å². The van der Waals surface area contributed by atoms with Crippen LogP contribution in [0.25, 0.3) is 10.8 Å². The molecule has 0 saturated heterocycles. The number of pyridine rings is 1. The molecule has 1 heterocycles. The van der Waals surface area contributed by atoms with Crippen LogP contribution in [0.4, 0.5) is 0 Å². The summed E-state index contributed by atoms with van der Waals surface area (Å²) in [6.07, 6.45) is 1.50. The van der Waals surface area contributed by atoms with E-state index in [9.17, 15) is 0 Å². The number of aryl methyl sites for hydroxylation is 1. The van der Waals surface area contributed by atoms with Crippen LogP contribution in [0.5, 0.6) is 0 Å². The first-order valence-corrected chi connectivity index (χ1v) is 4.40. The fourth-order valence-electron chi connectivity index (χ4n) is 1.56. The monoisotopic (exact) mass is 187 g/mol. The zero-order valence-electron chi connectivity index (χ0n) is 7.81. The Hall–Kier alpha value is -1.39. The fourth-order valence-corrected chi connectivity index (χ4v) is 1.56. The number of nitrogens with zero attached hydrogens (tertiary/aromatic N) is 1. The third-order valence-electron chi connectivity index (χ3n) is 2.30. The van der Waals surface area contributed by atoms with Gasteiger partial charge in [-0.1, -0.05) is 24.3 Å². The summed E-state index contributed by atoms with van der Waals surface area (Å²) in [5.41, 5.74) is 1.34. The molecule has 0 fully saturated rings. The van der Waals surface area contributed by atoms with Gasteiger partial charge in [0.1, 0.15) is 0 Å². The average molecular weight is 187 g/mol. The van der Waals surface area contributed by atoms with Crippen molar-refractivity contribution in [3.8, 4) is 0 Å². The predicted octanol–water partition coefficient (Wildman–Crippen LogP) is 0.223. The van der Waals surface area contributed by atoms with E-state index in [1.54, 1.807) is 0 Å². The molecular weight excluding hydrogens is 177 g/mol. The fraction of sp³-hybridized carbons (Fsp3) is 0.100. The van der Waals surface area contributed by atoms with Crippen molar-refractivity contribution in [2.24, 2.45) is 0 Å². The predicted molar refractivity (Wildman–Crippen MR) is 56.3 cm³/mol. The second-order valence-corrected chi connectivity index (χ2v) is 3.22. The molecule has 1 aromatic heterocycles. The van der Waals surface area contributed by atoms with Gasteiger partial charge in [0, 0.05) is 22.7 Å². The van der Waals surface area contributed by atoms with E-state index in [4.69, 9.17) is 10.0 Å². The third kappa shape index (κ3) is 1.39. The molecule has 70 valence electrons. The summed E-state index contributed by atoms with van der Waals surface area (Å²) in [4.78, 5) is 4.11. The van der Waals surface area contributed by atoms with Crippen LogP contribution in [0.1, 0.15) is 5.69 Å². The Bertz CT molecular complexity index is 471. The minimum Gasteiger partial charge on any atom is -0.423 e. The number of benzene rings is 1. The molecule has 0 atom stereocenters. The minimum absolute atomic E-state index is 0.450. The molecule has 2 N–H and O–H groups in total. The molecule has 1 aromatic carbocycles. The van der Waals surface area contributed by atoms with Crippen LogP contribution in [0.2, 0.25) is 0 Å². The van der Waals surface area contributed by atoms with Crippen molar-refractivity contribution in [1.82, 2.24) is 4.98 Å². The Morgan fingerprint density at radius 2 is 1.79 bits per heavy atom. The highest BCUT2D eigenvalue weighted by molar-refractivity contribution is 6.61. The molecule has 0 spiro atoms. The minimum atomic E-state index is -1.46. The maximum Gasteiger partial charge on any atom is 0.490 e. The lowest BCUT2D eigenvalue weighted by Gasteiger charge is -2.06. The molecule has 2 aromatic rings. The number of hydrogen-bond acceptors (Lipinski definition) is 3. The highest BCUT2D eigenvalue weighted by Crippen LogP contribution is 2.13. The number of aromatic nitrogens is 1. The molecule has 0 saturated carbocycles. The molecule has 14 heavy (non-hydrogen) atoms. The third-order valence-corrected chi connectivity index (χ3v) is 2.30. The molecule has 0 bridgehead atoms. The molecule has 0 amide bonds. The van der Waals surface area contributed by atoms with Gasteiger partial charge in [0.2, 0.25) is 0 Å². The molecule has 2 rings (SSSR count). The molecule has 0 aliphatic rings. The standard InChI is InChI=1S/C10H10BNO2/c1-7-8-4-2-3-5-9(8)10(6-12-7)11(13)14/h2-6,13-14H,1H3. The van der Waals surface area contributed by atoms with Crippen molar-refractivity contribution in [2.45, 2.75) is 6.92 Å². The lowest BCUT2D eigenvalue weighted by atomic mass is 9.78. The summed E-state index contributed by atoms with van der Waals surface area (Å²) in [5.74, 6) is 0. The van der Waals surface area contributed by atoms with Crippen molar-refractivity contribution < 1.29 is 10.0 Å². The van der Waals surface area contributed by atoms with E-state index < -0.39 is 7.12 Å². The van der Waals surface area contributed by atoms with Crippen LogP contribution in [0.3, 0.4) is 0 Å². The normalized spacial score (nSPS) is 10.5. The molecule has 4 heteroatoms. The zero-order chi connectivity index (χ0) is 10.1. The van der Waals surface area contributed by atoms with Gasteiger partial charge in [-0.2, -0.15) is 0 Å². The second-order valence-electron chi connectivity index (χ2n) is 3.22. The van der Waals surface area contributed by atoms with Gasteiger partial charge >= 0.3 is 7.12 Å². The van der Waals surface area contributed by atoms with Gasteiger partial charge in [-0.05, 0) is 12.3 Å². The van der Waals surface area contributed by atoms with Crippen LogP contribution in [-0.4, -0.2) is 22.2 Å². The molecule has 0 aliphatic heterocycles. The maximum atomic E-state index is 9.13.